The summed E-state index contributed by atoms with van der Waals surface area (Å²) in [5, 5.41) is 9.50. The summed E-state index contributed by atoms with van der Waals surface area (Å²) in [6.07, 6.45) is 0.232. The Morgan fingerprint density at radius 3 is 2.87 bits per heavy atom. The monoisotopic (exact) mass is 210 g/mol. The number of carbonyl (C=O) groups is 1. The molecule has 2 rings (SSSR count). The average Bonchev–Trinajstić information content (AvgIpc) is 2.50. The van der Waals surface area contributed by atoms with Crippen LogP contribution in [0.2, 0.25) is 0 Å². The maximum Gasteiger partial charge on any atom is 0.228 e. The van der Waals surface area contributed by atoms with Crippen LogP contribution >= 0.6 is 0 Å². The number of nitrogens with two attached hydrogens (primary N) is 1. The Morgan fingerprint density at radius 1 is 1.53 bits per heavy atom. The van der Waals surface area contributed by atoms with Gasteiger partial charge in [0.15, 0.2) is 0 Å². The van der Waals surface area contributed by atoms with Gasteiger partial charge in [-0.2, -0.15) is 0 Å². The number of phenolic OH excluding ortho intramolecular Hbond substituents is 1. The predicted molar refractivity (Wildman–Crippen MR) is 53.0 cm³/mol. The summed E-state index contributed by atoms with van der Waals surface area (Å²) >= 11 is 0. The molecule has 0 saturated carbocycles. The van der Waals surface area contributed by atoms with E-state index in [2.05, 4.69) is 0 Å². The standard InChI is InChI=1S/C10H11FN2O2/c11-6-1-2-9(14)8(3-6)13-5-7(12)4-10(13)15/h1-3,7,14H,4-5,12H2. The lowest BCUT2D eigenvalue weighted by Crippen LogP contribution is -2.28. The van der Waals surface area contributed by atoms with Gasteiger partial charge in [-0.05, 0) is 12.1 Å². The number of aromatic hydroxyl groups is 1. The normalized spacial score (nSPS) is 21.1. The van der Waals surface area contributed by atoms with Crippen molar-refractivity contribution in [1.29, 1.82) is 0 Å². The third kappa shape index (κ3) is 1.78. The Labute approximate surface area is 86.1 Å². The van der Waals surface area contributed by atoms with E-state index in [1.807, 2.05) is 0 Å². The maximum atomic E-state index is 12.9. The predicted octanol–water partition coefficient (Wildman–Crippen LogP) is 0.595. The van der Waals surface area contributed by atoms with Gasteiger partial charge in [-0.25, -0.2) is 4.39 Å². The van der Waals surface area contributed by atoms with Crippen molar-refractivity contribution in [2.45, 2.75) is 12.5 Å². The van der Waals surface area contributed by atoms with Gasteiger partial charge in [-0.15, -0.1) is 0 Å². The third-order valence-corrected chi connectivity index (χ3v) is 2.38. The molecule has 1 aliphatic heterocycles. The summed E-state index contributed by atoms with van der Waals surface area (Å²) in [5.41, 5.74) is 5.79. The first-order valence-corrected chi connectivity index (χ1v) is 4.62. The second-order valence-corrected chi connectivity index (χ2v) is 3.60. The van der Waals surface area contributed by atoms with Crippen LogP contribution in [0.5, 0.6) is 5.75 Å². The lowest BCUT2D eigenvalue weighted by molar-refractivity contribution is -0.117. The van der Waals surface area contributed by atoms with Crippen LogP contribution in [-0.2, 0) is 4.79 Å². The Bertz CT molecular complexity index is 408. The Hall–Kier alpha value is -1.62. The molecule has 1 amide bonds. The van der Waals surface area contributed by atoms with Gasteiger partial charge in [0.05, 0.1) is 5.69 Å². The van der Waals surface area contributed by atoms with E-state index in [-0.39, 0.29) is 29.8 Å². The smallest absolute Gasteiger partial charge is 0.228 e. The van der Waals surface area contributed by atoms with Gasteiger partial charge in [-0.3, -0.25) is 4.79 Å². The van der Waals surface area contributed by atoms with E-state index in [1.54, 1.807) is 0 Å². The van der Waals surface area contributed by atoms with Crippen LogP contribution in [0.3, 0.4) is 0 Å². The Balaban J connectivity index is 2.37. The SMILES string of the molecule is NC1CC(=O)N(c2cc(F)ccc2O)C1. The molecule has 0 aromatic heterocycles. The second-order valence-electron chi connectivity index (χ2n) is 3.60. The van der Waals surface area contributed by atoms with E-state index >= 15 is 0 Å². The average molecular weight is 210 g/mol. The van der Waals surface area contributed by atoms with Crippen LogP contribution < -0.4 is 10.6 Å². The lowest BCUT2D eigenvalue weighted by Gasteiger charge is -2.17. The van der Waals surface area contributed by atoms with E-state index in [0.29, 0.717) is 6.54 Å². The summed E-state index contributed by atoms with van der Waals surface area (Å²) < 4.78 is 12.9. The van der Waals surface area contributed by atoms with Crippen molar-refractivity contribution >= 4 is 11.6 Å². The zero-order valence-corrected chi connectivity index (χ0v) is 7.98. The second kappa shape index (κ2) is 3.51. The number of hydrogen-bond donors (Lipinski definition) is 2. The molecule has 4 nitrogen and oxygen atoms in total. The Kier molecular flexibility index (Phi) is 2.32. The van der Waals surface area contributed by atoms with Crippen molar-refractivity contribution in [3.8, 4) is 5.75 Å². The van der Waals surface area contributed by atoms with Crippen LogP contribution in [-0.4, -0.2) is 23.6 Å². The van der Waals surface area contributed by atoms with Gasteiger partial charge in [-0.1, -0.05) is 0 Å². The number of anilines is 1. The van der Waals surface area contributed by atoms with Gasteiger partial charge in [0, 0.05) is 25.1 Å². The van der Waals surface area contributed by atoms with Crippen molar-refractivity contribution in [3.63, 3.8) is 0 Å². The van der Waals surface area contributed by atoms with E-state index in [0.717, 1.165) is 12.1 Å². The first kappa shape index (κ1) is 9.92. The molecule has 0 spiro atoms. The maximum absolute atomic E-state index is 12.9. The number of halogens is 1. The minimum Gasteiger partial charge on any atom is -0.506 e. The van der Waals surface area contributed by atoms with Gasteiger partial charge in [0.1, 0.15) is 11.6 Å². The van der Waals surface area contributed by atoms with Crippen molar-refractivity contribution in [3.05, 3.63) is 24.0 Å². The fraction of sp³-hybridized carbons (Fsp3) is 0.300. The summed E-state index contributed by atoms with van der Waals surface area (Å²) in [4.78, 5) is 12.8. The van der Waals surface area contributed by atoms with E-state index < -0.39 is 5.82 Å². The van der Waals surface area contributed by atoms with Gasteiger partial charge in [0.25, 0.3) is 0 Å². The fourth-order valence-electron chi connectivity index (χ4n) is 1.68. The minimum atomic E-state index is -0.490. The van der Waals surface area contributed by atoms with Crippen LogP contribution in [0.25, 0.3) is 0 Å². The number of phenols is 1. The molecular formula is C10H11FN2O2. The van der Waals surface area contributed by atoms with E-state index in [9.17, 15) is 14.3 Å². The van der Waals surface area contributed by atoms with Crippen molar-refractivity contribution in [2.75, 3.05) is 11.4 Å². The van der Waals surface area contributed by atoms with Crippen LogP contribution in [0.15, 0.2) is 18.2 Å². The molecule has 80 valence electrons. The molecule has 1 fully saturated rings. The highest BCUT2D eigenvalue weighted by Crippen LogP contribution is 2.30. The molecule has 1 aromatic carbocycles. The van der Waals surface area contributed by atoms with Crippen LogP contribution in [0.4, 0.5) is 10.1 Å². The number of rotatable bonds is 1. The first-order valence-electron chi connectivity index (χ1n) is 4.62. The number of hydrogen-bond acceptors (Lipinski definition) is 3. The largest absolute Gasteiger partial charge is 0.506 e. The Morgan fingerprint density at radius 2 is 2.27 bits per heavy atom. The molecular weight excluding hydrogens is 199 g/mol. The minimum absolute atomic E-state index is 0.112. The third-order valence-electron chi connectivity index (χ3n) is 2.38. The van der Waals surface area contributed by atoms with Crippen molar-refractivity contribution in [2.24, 2.45) is 5.73 Å². The molecule has 1 saturated heterocycles. The zero-order valence-electron chi connectivity index (χ0n) is 7.98. The molecule has 1 aromatic rings. The first-order chi connectivity index (χ1) is 7.08. The molecule has 1 atom stereocenters. The quantitative estimate of drug-likeness (QED) is 0.713. The molecule has 3 N–H and O–H groups in total. The number of amides is 1. The molecule has 0 radical (unpaired) electrons. The van der Waals surface area contributed by atoms with E-state index in [4.69, 9.17) is 5.73 Å². The van der Waals surface area contributed by atoms with Crippen molar-refractivity contribution < 1.29 is 14.3 Å². The van der Waals surface area contributed by atoms with Crippen LogP contribution in [0.1, 0.15) is 6.42 Å². The summed E-state index contributed by atoms with van der Waals surface area (Å²) in [5.74, 6) is -0.793. The molecule has 1 heterocycles. The number of benzene rings is 1. The number of carbonyl (C=O) groups excluding carboxylic acids is 1. The molecule has 1 aliphatic rings. The highest BCUT2D eigenvalue weighted by Gasteiger charge is 2.29. The summed E-state index contributed by atoms with van der Waals surface area (Å²) in [6.45, 7) is 0.315. The lowest BCUT2D eigenvalue weighted by atomic mass is 10.2. The highest BCUT2D eigenvalue weighted by atomic mass is 19.1. The van der Waals surface area contributed by atoms with E-state index in [1.165, 1.54) is 11.0 Å². The summed E-state index contributed by atoms with van der Waals surface area (Å²) in [6, 6.07) is 3.24. The molecule has 1 unspecified atom stereocenters. The molecule has 5 heteroatoms. The molecule has 15 heavy (non-hydrogen) atoms. The number of nitrogens with zero attached hydrogens (tertiary/aromatic N) is 1. The highest BCUT2D eigenvalue weighted by molar-refractivity contribution is 5.97. The molecule has 0 bridgehead atoms. The fourth-order valence-corrected chi connectivity index (χ4v) is 1.68. The zero-order chi connectivity index (χ0) is 11.0. The topological polar surface area (TPSA) is 66.6 Å². The van der Waals surface area contributed by atoms with Crippen molar-refractivity contribution in [1.82, 2.24) is 0 Å². The van der Waals surface area contributed by atoms with Crippen LogP contribution in [0, 0.1) is 5.82 Å². The summed E-state index contributed by atoms with van der Waals surface area (Å²) in [7, 11) is 0. The van der Waals surface area contributed by atoms with Gasteiger partial charge < -0.3 is 15.7 Å². The molecule has 0 aliphatic carbocycles. The van der Waals surface area contributed by atoms with Gasteiger partial charge in [0.2, 0.25) is 5.91 Å². The van der Waals surface area contributed by atoms with Gasteiger partial charge >= 0.3 is 0 Å².